The van der Waals surface area contributed by atoms with Gasteiger partial charge in [-0.2, -0.15) is 0 Å². The van der Waals surface area contributed by atoms with E-state index in [0.29, 0.717) is 0 Å². The summed E-state index contributed by atoms with van der Waals surface area (Å²) in [7, 11) is 0. The van der Waals surface area contributed by atoms with Crippen LogP contribution in [0.4, 0.5) is 0 Å². The Kier molecular flexibility index (Phi) is 11.3. The van der Waals surface area contributed by atoms with E-state index in [-0.39, 0.29) is 0 Å². The van der Waals surface area contributed by atoms with Gasteiger partial charge in [-0.3, -0.25) is 0 Å². The van der Waals surface area contributed by atoms with E-state index in [1.807, 2.05) is 0 Å². The van der Waals surface area contributed by atoms with Gasteiger partial charge in [0, 0.05) is 4.47 Å². The van der Waals surface area contributed by atoms with Crippen LogP contribution in [0.5, 0.6) is 0 Å². The van der Waals surface area contributed by atoms with Crippen molar-refractivity contribution in [1.29, 1.82) is 0 Å². The highest BCUT2D eigenvalue weighted by atomic mass is 79.9. The van der Waals surface area contributed by atoms with Crippen molar-refractivity contribution in [3.05, 3.63) is 81.8 Å². The van der Waals surface area contributed by atoms with Crippen molar-refractivity contribution in [3.8, 4) is 11.1 Å². The minimum absolute atomic E-state index is 1.14. The average Bonchev–Trinajstić information content (AvgIpc) is 2.94. The van der Waals surface area contributed by atoms with Gasteiger partial charge in [-0.25, -0.2) is 0 Å². The molecule has 4 rings (SSSR count). The summed E-state index contributed by atoms with van der Waals surface area (Å²) < 4.78 is 1.23. The predicted molar refractivity (Wildman–Crippen MR) is 173 cm³/mol. The SMILES string of the molecule is CCCCCCCCc1cc(C)c2ccccc2c1-c1c(CCCCCCCC)cc(Br)c2ccccc12. The molecule has 0 aliphatic heterocycles. The molecule has 38 heavy (non-hydrogen) atoms. The maximum absolute atomic E-state index is 3.95. The Hall–Kier alpha value is -2.12. The van der Waals surface area contributed by atoms with E-state index in [2.05, 4.69) is 97.4 Å². The van der Waals surface area contributed by atoms with Gasteiger partial charge in [-0.1, -0.05) is 149 Å². The topological polar surface area (TPSA) is 0 Å². The molecule has 0 fully saturated rings. The van der Waals surface area contributed by atoms with Gasteiger partial charge in [0.25, 0.3) is 0 Å². The maximum atomic E-state index is 3.95. The molecular weight excluding hydrogens is 524 g/mol. The van der Waals surface area contributed by atoms with Gasteiger partial charge in [0.15, 0.2) is 0 Å². The molecule has 0 heterocycles. The Balaban J connectivity index is 1.79. The second-order valence-electron chi connectivity index (χ2n) is 11.2. The fourth-order valence-electron chi connectivity index (χ4n) is 6.19. The zero-order valence-corrected chi connectivity index (χ0v) is 25.6. The van der Waals surface area contributed by atoms with Crippen molar-refractivity contribution in [2.75, 3.05) is 0 Å². The van der Waals surface area contributed by atoms with E-state index in [0.717, 1.165) is 12.8 Å². The lowest BCUT2D eigenvalue weighted by Gasteiger charge is -2.21. The summed E-state index contributed by atoms with van der Waals surface area (Å²) in [5.74, 6) is 0. The summed E-state index contributed by atoms with van der Waals surface area (Å²) in [5, 5.41) is 5.53. The number of rotatable bonds is 15. The highest BCUT2D eigenvalue weighted by Gasteiger charge is 2.19. The van der Waals surface area contributed by atoms with Gasteiger partial charge in [0.2, 0.25) is 0 Å². The van der Waals surface area contributed by atoms with Crippen LogP contribution in [0.1, 0.15) is 108 Å². The zero-order chi connectivity index (χ0) is 26.7. The summed E-state index contributed by atoms with van der Waals surface area (Å²) in [4.78, 5) is 0. The van der Waals surface area contributed by atoms with Crippen LogP contribution in [0.2, 0.25) is 0 Å². The Morgan fingerprint density at radius 2 is 0.921 bits per heavy atom. The Morgan fingerprint density at radius 3 is 1.47 bits per heavy atom. The number of hydrogen-bond donors (Lipinski definition) is 0. The number of unbranched alkanes of at least 4 members (excludes halogenated alkanes) is 10. The predicted octanol–water partition coefficient (Wildman–Crippen LogP) is 12.5. The van der Waals surface area contributed by atoms with Crippen LogP contribution in [-0.2, 0) is 12.8 Å². The number of hydrogen-bond acceptors (Lipinski definition) is 0. The minimum atomic E-state index is 1.14. The second kappa shape index (κ2) is 14.9. The molecule has 0 saturated carbocycles. The highest BCUT2D eigenvalue weighted by molar-refractivity contribution is 9.10. The van der Waals surface area contributed by atoms with E-state index < -0.39 is 0 Å². The van der Waals surface area contributed by atoms with E-state index in [9.17, 15) is 0 Å². The molecule has 0 radical (unpaired) electrons. The Labute approximate surface area is 240 Å². The number of aryl methyl sites for hydroxylation is 3. The summed E-state index contributed by atoms with van der Waals surface area (Å²) in [6, 6.07) is 23.1. The number of fused-ring (bicyclic) bond motifs is 2. The standard InChI is InChI=1S/C37H47Br/c1-4-6-8-10-12-14-20-29-26-28(3)31-22-16-18-24-33(31)36(29)37-30(21-15-13-11-9-7-5-2)27-35(38)32-23-17-19-25-34(32)37/h16-19,22-27H,4-15,20-21H2,1-3H3. The largest absolute Gasteiger partial charge is 0.0654 e. The zero-order valence-electron chi connectivity index (χ0n) is 24.1. The third-order valence-corrected chi connectivity index (χ3v) is 8.91. The third kappa shape index (κ3) is 7.09. The van der Waals surface area contributed by atoms with Crippen molar-refractivity contribution >= 4 is 37.5 Å². The van der Waals surface area contributed by atoms with Crippen molar-refractivity contribution in [2.45, 2.75) is 111 Å². The molecule has 0 aromatic heterocycles. The first-order valence-corrected chi connectivity index (χ1v) is 16.2. The van der Waals surface area contributed by atoms with Crippen LogP contribution in [0, 0.1) is 6.92 Å². The fraction of sp³-hybridized carbons (Fsp3) is 0.459. The molecule has 0 amide bonds. The van der Waals surface area contributed by atoms with Crippen LogP contribution in [-0.4, -0.2) is 0 Å². The number of benzene rings is 4. The smallest absolute Gasteiger partial charge is 0.0256 e. The summed E-state index contributed by atoms with van der Waals surface area (Å²) >= 11 is 3.95. The minimum Gasteiger partial charge on any atom is -0.0654 e. The molecule has 0 unspecified atom stereocenters. The van der Waals surface area contributed by atoms with Crippen molar-refractivity contribution in [1.82, 2.24) is 0 Å². The van der Waals surface area contributed by atoms with Crippen LogP contribution in [0.15, 0.2) is 65.1 Å². The molecule has 0 atom stereocenters. The first kappa shape index (κ1) is 28.9. The molecule has 0 nitrogen and oxygen atoms in total. The maximum Gasteiger partial charge on any atom is 0.0256 e. The molecule has 0 spiro atoms. The third-order valence-electron chi connectivity index (χ3n) is 8.26. The van der Waals surface area contributed by atoms with E-state index in [1.165, 1.54) is 131 Å². The molecule has 202 valence electrons. The normalized spacial score (nSPS) is 11.6. The average molecular weight is 572 g/mol. The molecule has 0 saturated heterocycles. The molecule has 4 aromatic carbocycles. The molecule has 0 N–H and O–H groups in total. The molecule has 0 bridgehead atoms. The lowest BCUT2D eigenvalue weighted by Crippen LogP contribution is -2.00. The molecule has 0 aliphatic carbocycles. The van der Waals surface area contributed by atoms with E-state index >= 15 is 0 Å². The Bertz CT molecular complexity index is 1210. The summed E-state index contributed by atoms with van der Waals surface area (Å²) in [6.45, 7) is 6.90. The number of halogens is 1. The van der Waals surface area contributed by atoms with Gasteiger partial charge < -0.3 is 0 Å². The van der Waals surface area contributed by atoms with Crippen molar-refractivity contribution in [3.63, 3.8) is 0 Å². The first-order valence-electron chi connectivity index (χ1n) is 15.4. The molecular formula is C37H47Br. The van der Waals surface area contributed by atoms with Gasteiger partial charge in [-0.05, 0) is 88.0 Å². The van der Waals surface area contributed by atoms with Crippen LogP contribution in [0.3, 0.4) is 0 Å². The van der Waals surface area contributed by atoms with E-state index in [4.69, 9.17) is 0 Å². The van der Waals surface area contributed by atoms with E-state index in [1.54, 1.807) is 0 Å². The molecule has 0 aliphatic rings. The lowest BCUT2D eigenvalue weighted by atomic mass is 9.83. The first-order chi connectivity index (χ1) is 18.7. The quantitative estimate of drug-likeness (QED) is 0.125. The highest BCUT2D eigenvalue weighted by Crippen LogP contribution is 2.43. The fourth-order valence-corrected chi connectivity index (χ4v) is 6.81. The summed E-state index contributed by atoms with van der Waals surface area (Å²) in [6.07, 6.45) is 18.3. The van der Waals surface area contributed by atoms with Crippen molar-refractivity contribution < 1.29 is 0 Å². The second-order valence-corrected chi connectivity index (χ2v) is 12.1. The molecule has 4 aromatic rings. The van der Waals surface area contributed by atoms with Gasteiger partial charge in [0.05, 0.1) is 0 Å². The molecule has 1 heteroatoms. The lowest BCUT2D eigenvalue weighted by molar-refractivity contribution is 0.607. The van der Waals surface area contributed by atoms with Crippen LogP contribution < -0.4 is 0 Å². The monoisotopic (exact) mass is 570 g/mol. The Morgan fingerprint density at radius 1 is 0.500 bits per heavy atom. The summed E-state index contributed by atoms with van der Waals surface area (Å²) in [5.41, 5.74) is 7.42. The van der Waals surface area contributed by atoms with Gasteiger partial charge in [-0.15, -0.1) is 0 Å². The van der Waals surface area contributed by atoms with Crippen LogP contribution >= 0.6 is 15.9 Å². The van der Waals surface area contributed by atoms with Crippen molar-refractivity contribution in [2.24, 2.45) is 0 Å². The van der Waals surface area contributed by atoms with Gasteiger partial charge in [0.1, 0.15) is 0 Å². The van der Waals surface area contributed by atoms with Crippen LogP contribution in [0.25, 0.3) is 32.7 Å². The van der Waals surface area contributed by atoms with Gasteiger partial charge >= 0.3 is 0 Å².